The van der Waals surface area contributed by atoms with Crippen LogP contribution in [0.25, 0.3) is 77.3 Å². The van der Waals surface area contributed by atoms with Gasteiger partial charge in [0.05, 0.1) is 0 Å². The second-order valence-corrected chi connectivity index (χ2v) is 14.8. The topological polar surface area (TPSA) is 26.3 Å². The smallest absolute Gasteiger partial charge is 0.135 e. The molecule has 0 spiro atoms. The number of benzene rings is 6. The molecule has 0 fully saturated rings. The van der Waals surface area contributed by atoms with Crippen molar-refractivity contribution in [2.24, 2.45) is 0 Å². The molecule has 2 heteroatoms. The summed E-state index contributed by atoms with van der Waals surface area (Å²) in [6.07, 6.45) is 12.7. The van der Waals surface area contributed by atoms with Crippen molar-refractivity contribution in [1.82, 2.24) is 0 Å². The highest BCUT2D eigenvalue weighted by Crippen LogP contribution is 2.56. The van der Waals surface area contributed by atoms with Crippen LogP contribution in [0.2, 0.25) is 0 Å². The van der Waals surface area contributed by atoms with Crippen molar-refractivity contribution in [2.75, 3.05) is 0 Å². The van der Waals surface area contributed by atoms with Crippen molar-refractivity contribution in [3.63, 3.8) is 0 Å². The lowest BCUT2D eigenvalue weighted by molar-refractivity contribution is 0.401. The molecule has 1 aliphatic rings. The van der Waals surface area contributed by atoms with E-state index in [0.29, 0.717) is 0 Å². The highest BCUT2D eigenvalue weighted by molar-refractivity contribution is 6.07. The molecule has 1 aliphatic carbocycles. The van der Waals surface area contributed by atoms with Crippen LogP contribution in [-0.2, 0) is 5.41 Å². The van der Waals surface area contributed by atoms with Gasteiger partial charge in [-0.15, -0.1) is 0 Å². The van der Waals surface area contributed by atoms with Crippen LogP contribution >= 0.6 is 0 Å². The predicted octanol–water partition coefficient (Wildman–Crippen LogP) is 15.0. The Morgan fingerprint density at radius 1 is 0.392 bits per heavy atom. The Labute approximate surface area is 301 Å². The van der Waals surface area contributed by atoms with Gasteiger partial charge in [0.25, 0.3) is 0 Å². The van der Waals surface area contributed by atoms with Crippen molar-refractivity contribution in [1.29, 1.82) is 0 Å². The molecule has 0 radical (unpaired) electrons. The van der Waals surface area contributed by atoms with E-state index < -0.39 is 0 Å². The molecular weight excluding hydrogens is 621 g/mol. The zero-order chi connectivity index (χ0) is 34.4. The Balaban J connectivity index is 1.20. The van der Waals surface area contributed by atoms with Crippen LogP contribution in [0.1, 0.15) is 89.2 Å². The minimum absolute atomic E-state index is 0.0403. The zero-order valence-corrected chi connectivity index (χ0v) is 29.9. The fraction of sp³-hybridized carbons (Fsp3) is 0.265. The summed E-state index contributed by atoms with van der Waals surface area (Å²) in [5.41, 5.74) is 14.7. The van der Waals surface area contributed by atoms with Gasteiger partial charge in [-0.05, 0) is 106 Å². The summed E-state index contributed by atoms with van der Waals surface area (Å²) in [4.78, 5) is 0. The molecule has 0 atom stereocenters. The quantitative estimate of drug-likeness (QED) is 0.121. The van der Waals surface area contributed by atoms with E-state index in [-0.39, 0.29) is 5.41 Å². The molecule has 0 unspecified atom stereocenters. The molecule has 8 aromatic rings. The summed E-state index contributed by atoms with van der Waals surface area (Å²) < 4.78 is 12.4. The Bertz CT molecular complexity index is 2350. The molecular formula is C49H46O2. The van der Waals surface area contributed by atoms with Gasteiger partial charge >= 0.3 is 0 Å². The highest BCUT2D eigenvalue weighted by atomic mass is 16.3. The molecule has 51 heavy (non-hydrogen) atoms. The highest BCUT2D eigenvalue weighted by Gasteiger charge is 2.42. The van der Waals surface area contributed by atoms with Crippen LogP contribution in [-0.4, -0.2) is 0 Å². The minimum atomic E-state index is 0.0403. The number of fused-ring (bicyclic) bond motifs is 9. The summed E-state index contributed by atoms with van der Waals surface area (Å²) in [6.45, 7) is 4.63. The van der Waals surface area contributed by atoms with Gasteiger partial charge in [-0.1, -0.05) is 138 Å². The van der Waals surface area contributed by atoms with Gasteiger partial charge in [-0.3, -0.25) is 0 Å². The average Bonchev–Trinajstić information content (AvgIpc) is 3.82. The molecule has 9 rings (SSSR count). The van der Waals surface area contributed by atoms with E-state index in [4.69, 9.17) is 8.83 Å². The van der Waals surface area contributed by atoms with Crippen LogP contribution in [0.15, 0.2) is 130 Å². The van der Waals surface area contributed by atoms with Crippen LogP contribution in [0, 0.1) is 0 Å². The maximum atomic E-state index is 6.20. The predicted molar refractivity (Wildman–Crippen MR) is 216 cm³/mol. The van der Waals surface area contributed by atoms with E-state index in [2.05, 4.69) is 123 Å². The number of hydrogen-bond donors (Lipinski definition) is 0. The second kappa shape index (κ2) is 13.2. The lowest BCUT2D eigenvalue weighted by atomic mass is 9.70. The molecule has 0 aliphatic heterocycles. The molecule has 2 heterocycles. The molecule has 0 N–H and O–H groups in total. The number of furan rings is 2. The molecule has 0 saturated carbocycles. The monoisotopic (exact) mass is 666 g/mol. The first-order chi connectivity index (χ1) is 25.2. The van der Waals surface area contributed by atoms with E-state index in [1.54, 1.807) is 0 Å². The second-order valence-electron chi connectivity index (χ2n) is 14.8. The van der Waals surface area contributed by atoms with E-state index in [1.165, 1.54) is 130 Å². The maximum Gasteiger partial charge on any atom is 0.135 e. The molecule has 0 saturated heterocycles. The standard InChI is InChI=1S/C49H46O2/c1-3-5-7-13-27-49(28-14-8-6-4-2)43-23-19-33(35-21-25-47-41(31-35)37-15-9-11-17-45(37)50-47)29-39(43)40-30-34(20-24-44(40)49)36-22-26-48-42(32-36)38-16-10-12-18-46(38)51-48/h9-12,15-26,29-32H,3-8,13-14,27-28H2,1-2H3. The van der Waals surface area contributed by atoms with Gasteiger partial charge in [0, 0.05) is 27.0 Å². The number of rotatable bonds is 12. The number of para-hydroxylation sites is 2. The van der Waals surface area contributed by atoms with Crippen molar-refractivity contribution < 1.29 is 8.83 Å². The number of hydrogen-bond acceptors (Lipinski definition) is 2. The molecule has 2 aromatic heterocycles. The van der Waals surface area contributed by atoms with E-state index in [0.717, 1.165) is 22.3 Å². The Morgan fingerprint density at radius 3 is 1.27 bits per heavy atom. The van der Waals surface area contributed by atoms with Crippen LogP contribution in [0.3, 0.4) is 0 Å². The Hall–Kier alpha value is -5.08. The third-order valence-electron chi connectivity index (χ3n) is 11.7. The fourth-order valence-electron chi connectivity index (χ4n) is 9.06. The van der Waals surface area contributed by atoms with Crippen LogP contribution < -0.4 is 0 Å². The van der Waals surface area contributed by atoms with Crippen molar-refractivity contribution in [3.05, 3.63) is 132 Å². The Kier molecular flexibility index (Phi) is 8.27. The lowest BCUT2D eigenvalue weighted by Gasteiger charge is -2.33. The van der Waals surface area contributed by atoms with E-state index in [1.807, 2.05) is 12.1 Å². The maximum absolute atomic E-state index is 6.20. The van der Waals surface area contributed by atoms with Crippen molar-refractivity contribution >= 4 is 43.9 Å². The fourth-order valence-corrected chi connectivity index (χ4v) is 9.06. The third kappa shape index (κ3) is 5.48. The molecule has 254 valence electrons. The summed E-state index contributed by atoms with van der Waals surface area (Å²) in [5, 5.41) is 4.70. The van der Waals surface area contributed by atoms with E-state index in [9.17, 15) is 0 Å². The largest absolute Gasteiger partial charge is 0.456 e. The van der Waals surface area contributed by atoms with Crippen LogP contribution in [0.5, 0.6) is 0 Å². The summed E-state index contributed by atoms with van der Waals surface area (Å²) in [7, 11) is 0. The van der Waals surface area contributed by atoms with Gasteiger partial charge in [-0.2, -0.15) is 0 Å². The molecule has 2 nitrogen and oxygen atoms in total. The minimum Gasteiger partial charge on any atom is -0.456 e. The van der Waals surface area contributed by atoms with Crippen LogP contribution in [0.4, 0.5) is 0 Å². The first kappa shape index (κ1) is 31.9. The SMILES string of the molecule is CCCCCCC1(CCCCCC)c2ccc(-c3ccc4oc5ccccc5c4c3)cc2-c2cc(-c3ccc4oc5ccccc5c4c3)ccc21. The van der Waals surface area contributed by atoms with Crippen molar-refractivity contribution in [2.45, 2.75) is 83.5 Å². The average molecular weight is 667 g/mol. The normalized spacial score (nSPS) is 13.5. The first-order valence-electron chi connectivity index (χ1n) is 19.3. The van der Waals surface area contributed by atoms with Gasteiger partial charge in [-0.25, -0.2) is 0 Å². The van der Waals surface area contributed by atoms with Gasteiger partial charge < -0.3 is 8.83 Å². The Morgan fingerprint density at radius 2 is 0.804 bits per heavy atom. The summed E-state index contributed by atoms with van der Waals surface area (Å²) >= 11 is 0. The molecule has 0 amide bonds. The zero-order valence-electron chi connectivity index (χ0n) is 29.9. The van der Waals surface area contributed by atoms with Crippen molar-refractivity contribution in [3.8, 4) is 33.4 Å². The lowest BCUT2D eigenvalue weighted by Crippen LogP contribution is -2.25. The summed E-state index contributed by atoms with van der Waals surface area (Å²) in [5.74, 6) is 0. The van der Waals surface area contributed by atoms with E-state index >= 15 is 0 Å². The van der Waals surface area contributed by atoms with Gasteiger partial charge in [0.15, 0.2) is 0 Å². The summed E-state index contributed by atoms with van der Waals surface area (Å²) in [6, 6.07) is 44.9. The van der Waals surface area contributed by atoms with Gasteiger partial charge in [0.1, 0.15) is 22.3 Å². The first-order valence-corrected chi connectivity index (χ1v) is 19.3. The third-order valence-corrected chi connectivity index (χ3v) is 11.7. The molecule has 6 aromatic carbocycles. The number of unbranched alkanes of at least 4 members (excludes halogenated alkanes) is 6. The molecule has 0 bridgehead atoms. The van der Waals surface area contributed by atoms with Gasteiger partial charge in [0.2, 0.25) is 0 Å².